The van der Waals surface area contributed by atoms with E-state index in [1.165, 1.54) is 23.4 Å². The number of aromatic nitrogens is 2. The normalized spacial score (nSPS) is 11.8. The molecule has 0 amide bonds. The summed E-state index contributed by atoms with van der Waals surface area (Å²) >= 11 is 2.55. The van der Waals surface area contributed by atoms with E-state index in [1.807, 2.05) is 61.5 Å². The van der Waals surface area contributed by atoms with Gasteiger partial charge < -0.3 is 14.5 Å². The third-order valence-corrected chi connectivity index (χ3v) is 5.73. The number of benzene rings is 2. The van der Waals surface area contributed by atoms with Gasteiger partial charge in [-0.25, -0.2) is 9.78 Å². The molecule has 0 unspecified atom stereocenters. The van der Waals surface area contributed by atoms with E-state index in [2.05, 4.69) is 9.97 Å². The Morgan fingerprint density at radius 3 is 2.64 bits per heavy atom. The number of aliphatic carboxylic acids is 1. The molecule has 0 aliphatic heterocycles. The monoisotopic (exact) mass is 408 g/mol. The molecular formula is C21H16N2O3S2. The molecule has 0 spiro atoms. The van der Waals surface area contributed by atoms with Crippen LogP contribution < -0.4 is 0 Å². The molecule has 2 N–H and O–H groups in total. The molecule has 0 saturated heterocycles. The largest absolute Gasteiger partial charge is 0.477 e. The summed E-state index contributed by atoms with van der Waals surface area (Å²) < 4.78 is 5.77. The van der Waals surface area contributed by atoms with Crippen molar-refractivity contribution < 1.29 is 14.3 Å². The van der Waals surface area contributed by atoms with Crippen molar-refractivity contribution in [3.63, 3.8) is 0 Å². The number of aromatic amines is 1. The second-order valence-electron chi connectivity index (χ2n) is 6.05. The molecule has 4 rings (SSSR count). The maximum Gasteiger partial charge on any atom is 0.342 e. The van der Waals surface area contributed by atoms with Crippen LogP contribution in [0.15, 0.2) is 85.1 Å². The van der Waals surface area contributed by atoms with Crippen molar-refractivity contribution in [1.29, 1.82) is 0 Å². The summed E-state index contributed by atoms with van der Waals surface area (Å²) in [6.07, 6.45) is 1.51. The van der Waals surface area contributed by atoms with Crippen LogP contribution in [0.5, 0.6) is 0 Å². The molecule has 7 heteroatoms. The molecule has 2 aromatic carbocycles. The molecule has 0 aliphatic carbocycles. The molecular weight excluding hydrogens is 392 g/mol. The Kier molecular flexibility index (Phi) is 5.27. The first-order valence-electron chi connectivity index (χ1n) is 8.49. The molecule has 2 heterocycles. The summed E-state index contributed by atoms with van der Waals surface area (Å²) in [5.74, 6) is -0.551. The van der Waals surface area contributed by atoms with Gasteiger partial charge in [-0.2, -0.15) is 0 Å². The minimum Gasteiger partial charge on any atom is -0.477 e. The summed E-state index contributed by atoms with van der Waals surface area (Å²) in [5, 5.41) is 10.8. The zero-order valence-corrected chi connectivity index (χ0v) is 16.5. The van der Waals surface area contributed by atoms with Gasteiger partial charge in [0.05, 0.1) is 11.0 Å². The Morgan fingerprint density at radius 1 is 1.11 bits per heavy atom. The van der Waals surface area contributed by atoms with Gasteiger partial charge in [0.1, 0.15) is 10.7 Å². The number of nitrogens with zero attached hydrogens (tertiary/aromatic N) is 1. The zero-order chi connectivity index (χ0) is 19.5. The second kappa shape index (κ2) is 8.00. The molecule has 4 aromatic rings. The van der Waals surface area contributed by atoms with Crippen molar-refractivity contribution >= 4 is 46.6 Å². The number of hydrogen-bond acceptors (Lipinski definition) is 5. The van der Waals surface area contributed by atoms with E-state index in [0.29, 0.717) is 16.0 Å². The molecule has 2 aromatic heterocycles. The molecule has 0 saturated carbocycles. The van der Waals surface area contributed by atoms with E-state index in [9.17, 15) is 9.90 Å². The first-order chi connectivity index (χ1) is 13.6. The summed E-state index contributed by atoms with van der Waals surface area (Å²) in [6, 6.07) is 19.3. The average Bonchev–Trinajstić information content (AvgIpc) is 3.29. The number of carboxylic acid groups (broad SMARTS) is 1. The number of carbonyl (C=O) groups is 1. The Bertz CT molecular complexity index is 1130. The minimum absolute atomic E-state index is 0.125. The lowest BCUT2D eigenvalue weighted by molar-refractivity contribution is -0.131. The molecule has 0 radical (unpaired) electrons. The van der Waals surface area contributed by atoms with Crippen molar-refractivity contribution in [3.8, 4) is 0 Å². The smallest absolute Gasteiger partial charge is 0.342 e. The van der Waals surface area contributed by atoms with Crippen LogP contribution in [0, 0.1) is 6.92 Å². The minimum atomic E-state index is -1.03. The number of hydrogen-bond donors (Lipinski definition) is 2. The van der Waals surface area contributed by atoms with Crippen molar-refractivity contribution in [1.82, 2.24) is 9.97 Å². The highest BCUT2D eigenvalue weighted by atomic mass is 32.2. The van der Waals surface area contributed by atoms with Crippen molar-refractivity contribution in [3.05, 3.63) is 76.9 Å². The van der Waals surface area contributed by atoms with Gasteiger partial charge in [0.15, 0.2) is 10.2 Å². The summed E-state index contributed by atoms with van der Waals surface area (Å²) in [5.41, 5.74) is 2.86. The Balaban J connectivity index is 1.53. The van der Waals surface area contributed by atoms with Crippen LogP contribution in [-0.4, -0.2) is 21.0 Å². The zero-order valence-electron chi connectivity index (χ0n) is 14.9. The van der Waals surface area contributed by atoms with Crippen molar-refractivity contribution in [2.45, 2.75) is 22.1 Å². The van der Waals surface area contributed by atoms with Crippen molar-refractivity contribution in [2.75, 3.05) is 0 Å². The van der Waals surface area contributed by atoms with E-state index < -0.39 is 5.97 Å². The number of aryl methyl sites for hydroxylation is 1. The molecule has 0 fully saturated rings. The summed E-state index contributed by atoms with van der Waals surface area (Å²) in [4.78, 5) is 20.4. The van der Waals surface area contributed by atoms with Crippen molar-refractivity contribution in [2.24, 2.45) is 0 Å². The van der Waals surface area contributed by atoms with Crippen LogP contribution in [0.3, 0.4) is 0 Å². The van der Waals surface area contributed by atoms with Gasteiger partial charge in [0.25, 0.3) is 0 Å². The van der Waals surface area contributed by atoms with Crippen LogP contribution in [-0.2, 0) is 4.79 Å². The lowest BCUT2D eigenvalue weighted by atomic mass is 10.2. The standard InChI is InChI=1S/C21H16N2O3S2/c1-13-6-9-15(10-7-13)27-19-11-8-14(26-19)12-18(20(24)25)28-21-22-16-4-2-3-5-17(16)23-21/h2-12H,1H3,(H,22,23)(H,24,25)/b18-12-. The summed E-state index contributed by atoms with van der Waals surface area (Å²) in [6.45, 7) is 2.04. The van der Waals surface area contributed by atoms with Crippen LogP contribution in [0.2, 0.25) is 0 Å². The molecule has 0 bridgehead atoms. The number of para-hydroxylation sites is 2. The van der Waals surface area contributed by atoms with E-state index >= 15 is 0 Å². The van der Waals surface area contributed by atoms with E-state index in [0.717, 1.165) is 27.7 Å². The topological polar surface area (TPSA) is 79.1 Å². The predicted molar refractivity (Wildman–Crippen MR) is 112 cm³/mol. The Hall–Kier alpha value is -2.90. The van der Waals surface area contributed by atoms with E-state index in [1.54, 1.807) is 6.07 Å². The van der Waals surface area contributed by atoms with Gasteiger partial charge in [0.2, 0.25) is 0 Å². The van der Waals surface area contributed by atoms with E-state index in [-0.39, 0.29) is 4.91 Å². The number of fused-ring (bicyclic) bond motifs is 1. The number of carboxylic acids is 1. The molecule has 5 nitrogen and oxygen atoms in total. The fourth-order valence-electron chi connectivity index (χ4n) is 2.54. The van der Waals surface area contributed by atoms with Crippen LogP contribution in [0.25, 0.3) is 17.1 Å². The van der Waals surface area contributed by atoms with Gasteiger partial charge in [-0.05, 0) is 55.1 Å². The average molecular weight is 409 g/mol. The lowest BCUT2D eigenvalue weighted by Gasteiger charge is -1.99. The van der Waals surface area contributed by atoms with Gasteiger partial charge in [0, 0.05) is 11.0 Å². The molecule has 0 aliphatic rings. The Morgan fingerprint density at radius 2 is 1.89 bits per heavy atom. The number of furan rings is 1. The third-order valence-electron chi connectivity index (χ3n) is 3.90. The lowest BCUT2D eigenvalue weighted by Crippen LogP contribution is -1.96. The van der Waals surface area contributed by atoms with Gasteiger partial charge in [-0.3, -0.25) is 0 Å². The van der Waals surface area contributed by atoms with Crippen LogP contribution in [0.4, 0.5) is 0 Å². The first kappa shape index (κ1) is 18.5. The fraction of sp³-hybridized carbons (Fsp3) is 0.0476. The first-order valence-corrected chi connectivity index (χ1v) is 10.1. The van der Waals surface area contributed by atoms with Crippen LogP contribution >= 0.6 is 23.5 Å². The van der Waals surface area contributed by atoms with Crippen LogP contribution in [0.1, 0.15) is 11.3 Å². The number of imidazole rings is 1. The molecule has 140 valence electrons. The van der Waals surface area contributed by atoms with Gasteiger partial charge >= 0.3 is 5.97 Å². The maximum absolute atomic E-state index is 11.7. The number of thioether (sulfide) groups is 1. The quantitative estimate of drug-likeness (QED) is 0.308. The SMILES string of the molecule is Cc1ccc(Sc2ccc(/C=C(\Sc3nc4ccccc4[nH]3)C(=O)O)o2)cc1. The summed E-state index contributed by atoms with van der Waals surface area (Å²) in [7, 11) is 0. The van der Waals surface area contributed by atoms with E-state index in [4.69, 9.17) is 4.42 Å². The number of rotatable bonds is 6. The third kappa shape index (κ3) is 4.32. The molecule has 0 atom stereocenters. The van der Waals surface area contributed by atoms with Gasteiger partial charge in [-0.15, -0.1) is 0 Å². The second-order valence-corrected chi connectivity index (χ2v) is 8.16. The predicted octanol–water partition coefficient (Wildman–Crippen LogP) is 5.83. The number of H-pyrrole nitrogens is 1. The molecule has 28 heavy (non-hydrogen) atoms. The highest BCUT2D eigenvalue weighted by molar-refractivity contribution is 8.04. The Labute approximate surface area is 169 Å². The fourth-order valence-corrected chi connectivity index (χ4v) is 4.09. The highest BCUT2D eigenvalue weighted by Crippen LogP contribution is 2.32. The number of nitrogens with one attached hydrogen (secondary N) is 1. The highest BCUT2D eigenvalue weighted by Gasteiger charge is 2.14. The maximum atomic E-state index is 11.7. The van der Waals surface area contributed by atoms with Gasteiger partial charge in [-0.1, -0.05) is 41.6 Å².